The second-order valence-corrected chi connectivity index (χ2v) is 5.53. The molecule has 114 valence electrons. The van der Waals surface area contributed by atoms with Crippen LogP contribution in [0.1, 0.15) is 22.4 Å². The summed E-state index contributed by atoms with van der Waals surface area (Å²) in [6, 6.07) is 1.84. The Morgan fingerprint density at radius 2 is 2.05 bits per heavy atom. The van der Waals surface area contributed by atoms with E-state index in [4.69, 9.17) is 5.26 Å². The Kier molecular flexibility index (Phi) is 3.95. The highest BCUT2D eigenvalue weighted by molar-refractivity contribution is 7.16. The van der Waals surface area contributed by atoms with E-state index in [1.54, 1.807) is 0 Å². The van der Waals surface area contributed by atoms with Crippen LogP contribution in [0.4, 0.5) is 22.6 Å². The number of amides is 1. The average molecular weight is 322 g/mol. The van der Waals surface area contributed by atoms with Gasteiger partial charge in [-0.05, 0) is 24.8 Å². The van der Waals surface area contributed by atoms with Crippen molar-refractivity contribution in [3.05, 3.63) is 16.0 Å². The lowest BCUT2D eigenvalue weighted by Gasteiger charge is -2.24. The average Bonchev–Trinajstić information content (AvgIpc) is 2.96. The predicted octanol–water partition coefficient (Wildman–Crippen LogP) is 2.92. The first-order valence-corrected chi connectivity index (χ1v) is 6.73. The number of anilines is 1. The maximum atomic E-state index is 13.7. The summed E-state index contributed by atoms with van der Waals surface area (Å²) in [7, 11) is 0.451. The lowest BCUT2D eigenvalue weighted by molar-refractivity contribution is -0.305. The number of nitrogens with zero attached hydrogens (tertiary/aromatic N) is 1. The molecule has 0 fully saturated rings. The lowest BCUT2D eigenvalue weighted by Crippen LogP contribution is -2.52. The highest BCUT2D eigenvalue weighted by atomic mass is 32.1. The fourth-order valence-electron chi connectivity index (χ4n) is 2.13. The fraction of sp³-hybridized carbons (Fsp3) is 0.500. The van der Waals surface area contributed by atoms with Gasteiger partial charge in [-0.2, -0.15) is 22.8 Å². The molecule has 1 heterocycles. The van der Waals surface area contributed by atoms with E-state index in [2.05, 4.69) is 4.74 Å². The van der Waals surface area contributed by atoms with Crippen LogP contribution in [0.3, 0.4) is 0 Å². The van der Waals surface area contributed by atoms with Crippen molar-refractivity contribution in [1.82, 2.24) is 0 Å². The molecule has 2 rings (SSSR count). The molecule has 1 aliphatic rings. The van der Waals surface area contributed by atoms with Crippen molar-refractivity contribution in [2.24, 2.45) is 0 Å². The standard InChI is InChI=1S/C12H10F4N2O2S/c1-20-11(13,12(14,15)16)10(19)18-9-7(5-17)6-3-2-4-8(6)21-9/h2-4H2,1H3,(H,18,19)/t11-/m0/s1. The highest BCUT2D eigenvalue weighted by Crippen LogP contribution is 2.40. The van der Waals surface area contributed by atoms with Gasteiger partial charge in [-0.25, -0.2) is 0 Å². The van der Waals surface area contributed by atoms with Crippen molar-refractivity contribution in [2.45, 2.75) is 31.3 Å². The topological polar surface area (TPSA) is 62.1 Å². The second-order valence-electron chi connectivity index (χ2n) is 4.42. The number of hydrogen-bond acceptors (Lipinski definition) is 4. The van der Waals surface area contributed by atoms with Gasteiger partial charge in [0.25, 0.3) is 0 Å². The van der Waals surface area contributed by atoms with Crippen LogP contribution < -0.4 is 5.32 Å². The van der Waals surface area contributed by atoms with Crippen molar-refractivity contribution < 1.29 is 27.1 Å². The van der Waals surface area contributed by atoms with Crippen LogP contribution in [0.2, 0.25) is 0 Å². The van der Waals surface area contributed by atoms with Crippen molar-refractivity contribution in [3.63, 3.8) is 0 Å². The molecule has 0 unspecified atom stereocenters. The molecule has 0 radical (unpaired) electrons. The number of thiophene rings is 1. The number of carbonyl (C=O) groups is 1. The van der Waals surface area contributed by atoms with Crippen LogP contribution >= 0.6 is 11.3 Å². The van der Waals surface area contributed by atoms with Gasteiger partial charge in [-0.15, -0.1) is 11.3 Å². The SMILES string of the molecule is CO[C@@](F)(C(=O)Nc1sc2c(c1C#N)CCC2)C(F)(F)F. The van der Waals surface area contributed by atoms with E-state index < -0.39 is 17.9 Å². The van der Waals surface area contributed by atoms with E-state index in [0.717, 1.165) is 22.6 Å². The molecule has 0 saturated heterocycles. The van der Waals surface area contributed by atoms with E-state index in [0.29, 0.717) is 25.5 Å². The summed E-state index contributed by atoms with van der Waals surface area (Å²) in [5.74, 6) is -6.44. The Labute approximate surface area is 121 Å². The molecule has 0 bridgehead atoms. The Bertz CT molecular complexity index is 620. The first-order chi connectivity index (χ1) is 9.74. The van der Waals surface area contributed by atoms with Gasteiger partial charge in [-0.3, -0.25) is 4.79 Å². The minimum absolute atomic E-state index is 0.0736. The zero-order valence-corrected chi connectivity index (χ0v) is 11.6. The number of aryl methyl sites for hydroxylation is 1. The van der Waals surface area contributed by atoms with Gasteiger partial charge in [0.05, 0.1) is 5.56 Å². The molecule has 1 N–H and O–H groups in total. The molecule has 1 aromatic heterocycles. The Morgan fingerprint density at radius 1 is 1.38 bits per heavy atom. The maximum Gasteiger partial charge on any atom is 0.458 e. The van der Waals surface area contributed by atoms with Gasteiger partial charge < -0.3 is 10.1 Å². The minimum Gasteiger partial charge on any atom is -0.335 e. The van der Waals surface area contributed by atoms with Crippen molar-refractivity contribution in [1.29, 1.82) is 5.26 Å². The van der Waals surface area contributed by atoms with E-state index in [9.17, 15) is 22.4 Å². The van der Waals surface area contributed by atoms with Crippen LogP contribution in [0, 0.1) is 11.3 Å². The molecule has 1 amide bonds. The number of methoxy groups -OCH3 is 1. The van der Waals surface area contributed by atoms with Crippen LogP contribution in [-0.4, -0.2) is 25.0 Å². The molecule has 0 saturated carbocycles. The third-order valence-electron chi connectivity index (χ3n) is 3.20. The first-order valence-electron chi connectivity index (χ1n) is 5.91. The molecule has 1 aliphatic carbocycles. The molecule has 4 nitrogen and oxygen atoms in total. The third-order valence-corrected chi connectivity index (χ3v) is 4.41. The molecule has 9 heteroatoms. The number of ether oxygens (including phenoxy) is 1. The van der Waals surface area contributed by atoms with E-state index in [-0.39, 0.29) is 10.6 Å². The van der Waals surface area contributed by atoms with Crippen molar-refractivity contribution in [2.75, 3.05) is 12.4 Å². The van der Waals surface area contributed by atoms with Crippen LogP contribution in [0.15, 0.2) is 0 Å². The second kappa shape index (κ2) is 5.27. The highest BCUT2D eigenvalue weighted by Gasteiger charge is 2.63. The van der Waals surface area contributed by atoms with Crippen LogP contribution in [0.5, 0.6) is 0 Å². The molecule has 1 aromatic rings. The summed E-state index contributed by atoms with van der Waals surface area (Å²) in [5, 5.41) is 10.8. The van der Waals surface area contributed by atoms with E-state index in [1.165, 1.54) is 0 Å². The summed E-state index contributed by atoms with van der Waals surface area (Å²) in [5.41, 5.74) is 0.813. The van der Waals surface area contributed by atoms with Crippen molar-refractivity contribution >= 4 is 22.2 Å². The summed E-state index contributed by atoms with van der Waals surface area (Å²) in [6.07, 6.45) is -3.36. The van der Waals surface area contributed by atoms with Gasteiger partial charge in [0.15, 0.2) is 0 Å². The van der Waals surface area contributed by atoms with Gasteiger partial charge in [0.2, 0.25) is 0 Å². The third kappa shape index (κ3) is 2.49. The molecule has 0 aliphatic heterocycles. The summed E-state index contributed by atoms with van der Waals surface area (Å²) < 4.78 is 55.2. The molecular formula is C12H10F4N2O2S. The van der Waals surface area contributed by atoms with Gasteiger partial charge in [-0.1, -0.05) is 0 Å². The van der Waals surface area contributed by atoms with E-state index >= 15 is 0 Å². The van der Waals surface area contributed by atoms with Gasteiger partial charge in [0.1, 0.15) is 11.1 Å². The molecule has 1 atom stereocenters. The Morgan fingerprint density at radius 3 is 2.57 bits per heavy atom. The molecule has 0 spiro atoms. The number of nitriles is 1. The van der Waals surface area contributed by atoms with Crippen LogP contribution in [-0.2, 0) is 22.4 Å². The number of alkyl halides is 4. The first kappa shape index (κ1) is 15.7. The Balaban J connectivity index is 2.31. The fourth-order valence-corrected chi connectivity index (χ4v) is 3.37. The smallest absolute Gasteiger partial charge is 0.335 e. The normalized spacial score (nSPS) is 17.0. The molecule has 0 aromatic carbocycles. The van der Waals surface area contributed by atoms with Gasteiger partial charge >= 0.3 is 17.9 Å². The summed E-state index contributed by atoms with van der Waals surface area (Å²) in [4.78, 5) is 12.4. The molecular weight excluding hydrogens is 312 g/mol. The largest absolute Gasteiger partial charge is 0.458 e. The van der Waals surface area contributed by atoms with Crippen molar-refractivity contribution in [3.8, 4) is 6.07 Å². The lowest BCUT2D eigenvalue weighted by atomic mass is 10.1. The zero-order valence-electron chi connectivity index (χ0n) is 10.8. The monoisotopic (exact) mass is 322 g/mol. The number of carbonyl (C=O) groups excluding carboxylic acids is 1. The van der Waals surface area contributed by atoms with E-state index in [1.807, 2.05) is 11.4 Å². The number of nitrogens with one attached hydrogen (secondary N) is 1. The summed E-state index contributed by atoms with van der Waals surface area (Å²) in [6.45, 7) is 0. The predicted molar refractivity (Wildman–Crippen MR) is 66.6 cm³/mol. The van der Waals surface area contributed by atoms with Crippen LogP contribution in [0.25, 0.3) is 0 Å². The minimum atomic E-state index is -5.52. The number of halogens is 4. The Hall–Kier alpha value is -1.66. The molecule has 21 heavy (non-hydrogen) atoms. The number of hydrogen-bond donors (Lipinski definition) is 1. The number of fused-ring (bicyclic) bond motifs is 1. The quantitative estimate of drug-likeness (QED) is 0.870. The van der Waals surface area contributed by atoms with Gasteiger partial charge in [0, 0.05) is 12.0 Å². The summed E-state index contributed by atoms with van der Waals surface area (Å²) >= 11 is 0.995. The number of rotatable bonds is 3. The maximum absolute atomic E-state index is 13.7. The zero-order chi connectivity index (χ0) is 15.8.